The lowest BCUT2D eigenvalue weighted by atomic mass is 10.5. The first-order chi connectivity index (χ1) is 8.68. The van der Waals surface area contributed by atoms with Gasteiger partial charge in [0, 0.05) is 6.54 Å². The molecule has 0 aliphatic carbocycles. The molecule has 2 N–H and O–H groups in total. The summed E-state index contributed by atoms with van der Waals surface area (Å²) in [7, 11) is -1.17. The van der Waals surface area contributed by atoms with Gasteiger partial charge in [-0.25, -0.2) is 15.0 Å². The number of nitrogens with zero attached hydrogens (tertiary/aromatic N) is 4. The van der Waals surface area contributed by atoms with E-state index in [1.54, 1.807) is 10.9 Å². The number of imidazole rings is 1. The predicted octanol–water partition coefficient (Wildman–Crippen LogP) is 0.225. The van der Waals surface area contributed by atoms with Crippen LogP contribution in [0, 0.1) is 0 Å². The smallest absolute Gasteiger partial charge is 0.384 e. The second-order valence-corrected chi connectivity index (χ2v) is 5.98. The third-order valence-electron chi connectivity index (χ3n) is 2.52. The Morgan fingerprint density at radius 1 is 1.50 bits per heavy atom. The number of rotatable bonds is 5. The van der Waals surface area contributed by atoms with Crippen LogP contribution in [0.15, 0.2) is 12.7 Å². The summed E-state index contributed by atoms with van der Waals surface area (Å²) in [6.45, 7) is 0.948. The van der Waals surface area contributed by atoms with Crippen LogP contribution < -0.4 is 5.73 Å². The third-order valence-corrected chi connectivity index (χ3v) is 3.74. The first-order valence-corrected chi connectivity index (χ1v) is 7.16. The van der Waals surface area contributed by atoms with Crippen LogP contribution in [0.3, 0.4) is 0 Å². The summed E-state index contributed by atoms with van der Waals surface area (Å²) in [6, 6.07) is 0. The lowest BCUT2D eigenvalue weighted by molar-refractivity contribution is 0.165. The minimum Gasteiger partial charge on any atom is -0.384 e. The molecule has 0 bridgehead atoms. The molecule has 1 atom stereocenters. The molecule has 0 spiro atoms. The molecule has 1 saturated heterocycles. The maximum atomic E-state index is 11.3. The van der Waals surface area contributed by atoms with E-state index in [9.17, 15) is 4.57 Å². The summed E-state index contributed by atoms with van der Waals surface area (Å²) in [6.07, 6.45) is 3.14. The lowest BCUT2D eigenvalue weighted by Gasteiger charge is -2.04. The van der Waals surface area contributed by atoms with Gasteiger partial charge in [0.05, 0.1) is 12.9 Å². The molecule has 3 heterocycles. The maximum Gasteiger partial charge on any atom is 0.414 e. The summed E-state index contributed by atoms with van der Waals surface area (Å²) in [4.78, 5) is 12.1. The topological polar surface area (TPSA) is 108 Å². The summed E-state index contributed by atoms with van der Waals surface area (Å²) >= 11 is 0. The van der Waals surface area contributed by atoms with E-state index in [4.69, 9.17) is 10.5 Å². The Balaban J connectivity index is 1.64. The number of hydrogen-bond donors (Lipinski definition) is 1. The van der Waals surface area contributed by atoms with Crippen LogP contribution in [0.1, 0.15) is 0 Å². The normalized spacial score (nSPS) is 22.0. The van der Waals surface area contributed by atoms with Gasteiger partial charge in [0.15, 0.2) is 11.5 Å². The van der Waals surface area contributed by atoms with Crippen LogP contribution in [-0.2, 0) is 20.3 Å². The number of aromatic nitrogens is 4. The Bertz CT molecular complexity index is 624. The molecule has 2 aromatic heterocycles. The number of anilines is 1. The Morgan fingerprint density at radius 2 is 2.33 bits per heavy atom. The molecule has 1 aliphatic rings. The van der Waals surface area contributed by atoms with E-state index in [0.29, 0.717) is 30.1 Å². The zero-order chi connectivity index (χ0) is 12.6. The van der Waals surface area contributed by atoms with Crippen molar-refractivity contribution in [3.63, 3.8) is 0 Å². The third kappa shape index (κ3) is 2.24. The van der Waals surface area contributed by atoms with Crippen molar-refractivity contribution in [1.29, 1.82) is 0 Å². The van der Waals surface area contributed by atoms with Crippen molar-refractivity contribution in [3.8, 4) is 0 Å². The van der Waals surface area contributed by atoms with Crippen LogP contribution >= 0.6 is 7.25 Å². The van der Waals surface area contributed by atoms with Gasteiger partial charge in [-0.2, -0.15) is 0 Å². The number of ether oxygens (including phenoxy) is 1. The van der Waals surface area contributed by atoms with Crippen LogP contribution in [0.25, 0.3) is 11.2 Å². The van der Waals surface area contributed by atoms with Crippen LogP contribution in [0.4, 0.5) is 5.82 Å². The van der Waals surface area contributed by atoms with Crippen molar-refractivity contribution in [3.05, 3.63) is 12.7 Å². The van der Waals surface area contributed by atoms with E-state index < -0.39 is 7.25 Å². The second-order valence-electron chi connectivity index (χ2n) is 3.84. The van der Waals surface area contributed by atoms with Crippen LogP contribution in [-0.4, -0.2) is 39.7 Å². The summed E-state index contributed by atoms with van der Waals surface area (Å²) in [5, 5.41) is 0. The van der Waals surface area contributed by atoms with Gasteiger partial charge >= 0.3 is 7.20 Å². The van der Waals surface area contributed by atoms with Crippen LogP contribution in [0.2, 0.25) is 0 Å². The molecule has 0 aromatic carbocycles. The molecule has 18 heavy (non-hydrogen) atoms. The van der Waals surface area contributed by atoms with E-state index in [1.807, 2.05) is 0 Å². The van der Waals surface area contributed by atoms with Gasteiger partial charge < -0.3 is 24.0 Å². The van der Waals surface area contributed by atoms with E-state index in [2.05, 4.69) is 19.4 Å². The molecule has 93 valence electrons. The van der Waals surface area contributed by atoms with E-state index in [-0.39, 0.29) is 6.35 Å². The highest BCUT2D eigenvalue weighted by atomic mass is 31.2. The molecule has 1 aliphatic heterocycles. The van der Waals surface area contributed by atoms with Crippen molar-refractivity contribution in [2.45, 2.75) is 6.54 Å². The minimum absolute atomic E-state index is 0.122. The molecule has 10 heteroatoms. The molecular formula is C8H10BN5O3P. The van der Waals surface area contributed by atoms with Crippen molar-refractivity contribution in [1.82, 2.24) is 19.5 Å². The van der Waals surface area contributed by atoms with Gasteiger partial charge in [0.25, 0.3) is 0 Å². The summed E-state index contributed by atoms with van der Waals surface area (Å²) in [5.74, 6) is 0.352. The molecule has 3 rings (SSSR count). The zero-order valence-electron chi connectivity index (χ0n) is 9.39. The highest BCUT2D eigenvalue weighted by Gasteiger charge is 2.41. The standard InChI is InChI=1S/C8H10BN5O3P/c10-7-6-8(12-3-11-7)14(4-13-6)1-2-16-5-18(15)9-17-18/h3-4H,1-2,5H2,(H2,10,11,12). The Labute approximate surface area is 103 Å². The Kier molecular flexibility index (Phi) is 2.81. The number of nitrogens with two attached hydrogens (primary N) is 1. The average Bonchev–Trinajstić information content (AvgIpc) is 2.94. The molecule has 1 unspecified atom stereocenters. The first-order valence-electron chi connectivity index (χ1n) is 5.28. The predicted molar refractivity (Wildman–Crippen MR) is 65.0 cm³/mol. The largest absolute Gasteiger partial charge is 0.414 e. The van der Waals surface area contributed by atoms with Gasteiger partial charge in [0.2, 0.25) is 7.25 Å². The van der Waals surface area contributed by atoms with Crippen molar-refractivity contribution in [2.75, 3.05) is 18.7 Å². The van der Waals surface area contributed by atoms with Gasteiger partial charge in [-0.3, -0.25) is 0 Å². The zero-order valence-corrected chi connectivity index (χ0v) is 10.3. The minimum atomic E-state index is -2.50. The maximum absolute atomic E-state index is 11.3. The van der Waals surface area contributed by atoms with Crippen LogP contribution in [0.5, 0.6) is 0 Å². The number of fused-ring (bicyclic) bond motifs is 1. The molecular weight excluding hydrogens is 256 g/mol. The van der Waals surface area contributed by atoms with Crippen molar-refractivity contribution in [2.24, 2.45) is 0 Å². The summed E-state index contributed by atoms with van der Waals surface area (Å²) < 4.78 is 23.0. The van der Waals surface area contributed by atoms with Gasteiger partial charge in [0.1, 0.15) is 18.2 Å². The van der Waals surface area contributed by atoms with Crippen molar-refractivity contribution >= 4 is 31.4 Å². The summed E-state index contributed by atoms with van der Waals surface area (Å²) in [5.41, 5.74) is 6.91. The fraction of sp³-hybridized carbons (Fsp3) is 0.375. The first kappa shape index (κ1) is 11.6. The van der Waals surface area contributed by atoms with Gasteiger partial charge in [-0.15, -0.1) is 0 Å². The second kappa shape index (κ2) is 4.35. The Hall–Kier alpha value is -1.44. The highest BCUT2D eigenvalue weighted by Crippen LogP contribution is 2.59. The van der Waals surface area contributed by atoms with Gasteiger partial charge in [-0.05, 0) is 0 Å². The molecule has 8 nitrogen and oxygen atoms in total. The average molecular weight is 266 g/mol. The Morgan fingerprint density at radius 3 is 3.11 bits per heavy atom. The van der Waals surface area contributed by atoms with E-state index >= 15 is 0 Å². The quantitative estimate of drug-likeness (QED) is 0.357. The van der Waals surface area contributed by atoms with E-state index in [0.717, 1.165) is 0 Å². The fourth-order valence-corrected chi connectivity index (χ4v) is 2.46. The molecule has 0 amide bonds. The molecule has 1 radical (unpaired) electrons. The lowest BCUT2D eigenvalue weighted by Crippen LogP contribution is -2.06. The number of nitrogen functional groups attached to an aromatic ring is 1. The SMILES string of the molecule is Nc1ncnc2c1ncn2CCOCP1(=O)[B]O1. The molecule has 1 fully saturated rings. The highest BCUT2D eigenvalue weighted by molar-refractivity contribution is 7.97. The molecule has 2 aromatic rings. The van der Waals surface area contributed by atoms with Gasteiger partial charge in [-0.1, -0.05) is 0 Å². The van der Waals surface area contributed by atoms with Crippen molar-refractivity contribution < 1.29 is 13.7 Å². The fourth-order valence-electron chi connectivity index (χ4n) is 1.53. The number of hydrogen-bond acceptors (Lipinski definition) is 7. The monoisotopic (exact) mass is 266 g/mol. The molecule has 0 saturated carbocycles. The van der Waals surface area contributed by atoms with E-state index in [1.165, 1.54) is 13.5 Å².